The topological polar surface area (TPSA) is 70.3 Å². The maximum Gasteiger partial charge on any atom is 0.310 e. The number of nitriles is 1. The van der Waals surface area contributed by atoms with Crippen LogP contribution in [-0.4, -0.2) is 18.2 Å². The van der Waals surface area contributed by atoms with Crippen molar-refractivity contribution in [1.29, 1.82) is 5.26 Å². The van der Waals surface area contributed by atoms with Gasteiger partial charge < -0.3 is 9.84 Å². The summed E-state index contributed by atoms with van der Waals surface area (Å²) in [6.45, 7) is -0.159. The molecule has 0 radical (unpaired) electrons. The van der Waals surface area contributed by atoms with Gasteiger partial charge in [-0.15, -0.1) is 0 Å². The second-order valence-electron chi connectivity index (χ2n) is 3.10. The number of carbonyl (C=O) groups excluding carboxylic acids is 1. The first kappa shape index (κ1) is 12.7. The summed E-state index contributed by atoms with van der Waals surface area (Å²) in [4.78, 5) is 11.1. The molecule has 16 heavy (non-hydrogen) atoms. The maximum atomic E-state index is 11.1. The number of aliphatic hydroxyl groups is 1. The van der Waals surface area contributed by atoms with Gasteiger partial charge in [0.25, 0.3) is 0 Å². The Bertz CT molecular complexity index is 451. The molecule has 0 heterocycles. The van der Waals surface area contributed by atoms with Gasteiger partial charge in [-0.1, -0.05) is 12.1 Å². The average molecular weight is 284 g/mol. The zero-order valence-electron chi connectivity index (χ0n) is 8.66. The molecule has 0 aliphatic heterocycles. The van der Waals surface area contributed by atoms with Crippen LogP contribution in [0.4, 0.5) is 0 Å². The Morgan fingerprint density at radius 3 is 2.69 bits per heavy atom. The number of methoxy groups -OCH3 is 1. The lowest BCUT2D eigenvalue weighted by atomic mass is 10.0. The molecule has 0 amide bonds. The fourth-order valence-electron chi connectivity index (χ4n) is 1.28. The Hall–Kier alpha value is -1.38. The normalized spacial score (nSPS) is 9.62. The molecule has 1 N–H and O–H groups in total. The van der Waals surface area contributed by atoms with Crippen LogP contribution in [0.5, 0.6) is 0 Å². The van der Waals surface area contributed by atoms with Crippen molar-refractivity contribution in [3.05, 3.63) is 33.3 Å². The van der Waals surface area contributed by atoms with Crippen molar-refractivity contribution in [2.24, 2.45) is 0 Å². The maximum absolute atomic E-state index is 11.1. The molecule has 1 aromatic rings. The minimum Gasteiger partial charge on any atom is -0.469 e. The molecule has 1 aromatic carbocycles. The van der Waals surface area contributed by atoms with Gasteiger partial charge in [-0.3, -0.25) is 4.79 Å². The van der Waals surface area contributed by atoms with E-state index in [9.17, 15) is 4.79 Å². The first-order valence-corrected chi connectivity index (χ1v) is 5.31. The van der Waals surface area contributed by atoms with Crippen LogP contribution in [0.15, 0.2) is 16.6 Å². The van der Waals surface area contributed by atoms with Crippen molar-refractivity contribution in [2.45, 2.75) is 13.0 Å². The summed E-state index contributed by atoms with van der Waals surface area (Å²) in [5.74, 6) is -0.403. The molecule has 4 nitrogen and oxygen atoms in total. The monoisotopic (exact) mass is 283 g/mol. The van der Waals surface area contributed by atoms with Crippen LogP contribution < -0.4 is 0 Å². The van der Waals surface area contributed by atoms with E-state index in [1.807, 2.05) is 6.07 Å². The van der Waals surface area contributed by atoms with Crippen molar-refractivity contribution in [3.8, 4) is 6.07 Å². The summed E-state index contributed by atoms with van der Waals surface area (Å²) in [7, 11) is 1.30. The van der Waals surface area contributed by atoms with Crippen LogP contribution in [0.25, 0.3) is 0 Å². The SMILES string of the molecule is COC(=O)Cc1ccc(CO)c(Br)c1C#N. The molecule has 84 valence electrons. The Balaban J connectivity index is 3.17. The number of hydrogen-bond donors (Lipinski definition) is 1. The lowest BCUT2D eigenvalue weighted by molar-refractivity contribution is -0.139. The Morgan fingerprint density at radius 1 is 1.56 bits per heavy atom. The number of aliphatic hydroxyl groups excluding tert-OH is 1. The smallest absolute Gasteiger partial charge is 0.310 e. The van der Waals surface area contributed by atoms with Crippen molar-refractivity contribution in [2.75, 3.05) is 7.11 Å². The quantitative estimate of drug-likeness (QED) is 0.854. The van der Waals surface area contributed by atoms with Crippen LogP contribution in [0, 0.1) is 11.3 Å². The lowest BCUT2D eigenvalue weighted by Crippen LogP contribution is -2.07. The number of halogens is 1. The molecule has 0 saturated carbocycles. The number of esters is 1. The van der Waals surface area contributed by atoms with Gasteiger partial charge in [0.2, 0.25) is 0 Å². The second kappa shape index (κ2) is 5.64. The van der Waals surface area contributed by atoms with E-state index < -0.39 is 5.97 Å². The summed E-state index contributed by atoms with van der Waals surface area (Å²) in [6.07, 6.45) is 0.0453. The second-order valence-corrected chi connectivity index (χ2v) is 3.89. The number of hydrogen-bond acceptors (Lipinski definition) is 4. The van der Waals surface area contributed by atoms with E-state index in [0.29, 0.717) is 21.2 Å². The molecule has 5 heteroatoms. The van der Waals surface area contributed by atoms with Gasteiger partial charge in [-0.05, 0) is 27.1 Å². The fraction of sp³-hybridized carbons (Fsp3) is 0.273. The highest BCUT2D eigenvalue weighted by molar-refractivity contribution is 9.10. The zero-order valence-corrected chi connectivity index (χ0v) is 10.2. The molecule has 0 unspecified atom stereocenters. The van der Waals surface area contributed by atoms with Crippen LogP contribution in [0.3, 0.4) is 0 Å². The van der Waals surface area contributed by atoms with Crippen LogP contribution in [0.2, 0.25) is 0 Å². The summed E-state index contributed by atoms with van der Waals surface area (Å²) >= 11 is 3.23. The molecular formula is C11H10BrNO3. The fourth-order valence-corrected chi connectivity index (χ4v) is 1.88. The van der Waals surface area contributed by atoms with Crippen LogP contribution in [-0.2, 0) is 22.6 Å². The predicted molar refractivity (Wildman–Crippen MR) is 60.5 cm³/mol. The molecule has 0 aliphatic carbocycles. The van der Waals surface area contributed by atoms with Gasteiger partial charge in [0.1, 0.15) is 6.07 Å². The summed E-state index contributed by atoms with van der Waals surface area (Å²) < 4.78 is 5.06. The molecule has 0 atom stereocenters. The van der Waals surface area contributed by atoms with Gasteiger partial charge in [-0.2, -0.15) is 5.26 Å². The Kier molecular flexibility index (Phi) is 4.47. The standard InChI is InChI=1S/C11H10BrNO3/c1-16-10(15)4-7-2-3-8(6-14)11(12)9(7)5-13/h2-3,14H,4,6H2,1H3. The van der Waals surface area contributed by atoms with Gasteiger partial charge in [0, 0.05) is 4.47 Å². The van der Waals surface area contributed by atoms with Gasteiger partial charge >= 0.3 is 5.97 Å². The zero-order chi connectivity index (χ0) is 12.1. The Morgan fingerprint density at radius 2 is 2.19 bits per heavy atom. The molecule has 0 aromatic heterocycles. The number of benzene rings is 1. The molecular weight excluding hydrogens is 274 g/mol. The third kappa shape index (κ3) is 2.60. The first-order chi connectivity index (χ1) is 7.63. The minimum absolute atomic E-state index is 0.0453. The van der Waals surface area contributed by atoms with E-state index in [1.165, 1.54) is 7.11 Å². The summed E-state index contributed by atoms with van der Waals surface area (Å²) in [6, 6.07) is 5.32. The largest absolute Gasteiger partial charge is 0.469 e. The van der Waals surface area contributed by atoms with E-state index in [4.69, 9.17) is 10.4 Å². The summed E-state index contributed by atoms with van der Waals surface area (Å²) in [5, 5.41) is 18.0. The van der Waals surface area contributed by atoms with Gasteiger partial charge in [0.05, 0.1) is 25.7 Å². The van der Waals surface area contributed by atoms with Crippen molar-refractivity contribution < 1.29 is 14.6 Å². The molecule has 0 bridgehead atoms. The first-order valence-electron chi connectivity index (χ1n) is 4.52. The predicted octanol–water partition coefficient (Wildman–Crippen LogP) is 1.53. The molecule has 0 spiro atoms. The molecule has 0 aliphatic rings. The van der Waals surface area contributed by atoms with Crippen molar-refractivity contribution in [1.82, 2.24) is 0 Å². The molecule has 0 saturated heterocycles. The van der Waals surface area contributed by atoms with Gasteiger partial charge in [-0.25, -0.2) is 0 Å². The number of nitrogens with zero attached hydrogens (tertiary/aromatic N) is 1. The number of rotatable bonds is 3. The van der Waals surface area contributed by atoms with E-state index in [1.54, 1.807) is 12.1 Å². The lowest BCUT2D eigenvalue weighted by Gasteiger charge is -2.08. The molecule has 0 fully saturated rings. The highest BCUT2D eigenvalue weighted by atomic mass is 79.9. The van der Waals surface area contributed by atoms with E-state index in [0.717, 1.165) is 0 Å². The minimum atomic E-state index is -0.403. The summed E-state index contributed by atoms with van der Waals surface area (Å²) in [5.41, 5.74) is 1.56. The third-order valence-electron chi connectivity index (χ3n) is 2.15. The van der Waals surface area contributed by atoms with E-state index in [-0.39, 0.29) is 13.0 Å². The van der Waals surface area contributed by atoms with Crippen LogP contribution >= 0.6 is 15.9 Å². The number of ether oxygens (including phenoxy) is 1. The molecule has 1 rings (SSSR count). The Labute approximate surface area is 102 Å². The van der Waals surface area contributed by atoms with E-state index >= 15 is 0 Å². The number of carbonyl (C=O) groups is 1. The highest BCUT2D eigenvalue weighted by Crippen LogP contribution is 2.25. The van der Waals surface area contributed by atoms with Crippen LogP contribution in [0.1, 0.15) is 16.7 Å². The average Bonchev–Trinajstić information content (AvgIpc) is 2.29. The van der Waals surface area contributed by atoms with Crippen molar-refractivity contribution in [3.63, 3.8) is 0 Å². The third-order valence-corrected chi connectivity index (χ3v) is 3.06. The highest BCUT2D eigenvalue weighted by Gasteiger charge is 2.13. The van der Waals surface area contributed by atoms with Gasteiger partial charge in [0.15, 0.2) is 0 Å². The van der Waals surface area contributed by atoms with Crippen molar-refractivity contribution >= 4 is 21.9 Å². The van der Waals surface area contributed by atoms with E-state index in [2.05, 4.69) is 20.7 Å².